The molecule has 4 aromatic rings. The zero-order chi connectivity index (χ0) is 17.4. The van der Waals surface area contributed by atoms with Crippen molar-refractivity contribution in [3.05, 3.63) is 59.6 Å². The van der Waals surface area contributed by atoms with E-state index in [4.69, 9.17) is 4.52 Å². The van der Waals surface area contributed by atoms with Gasteiger partial charge in [-0.2, -0.15) is 4.98 Å². The van der Waals surface area contributed by atoms with Crippen molar-refractivity contribution in [2.24, 2.45) is 0 Å². The topological polar surface area (TPSA) is 68.8 Å². The maximum Gasteiger partial charge on any atom is 0.205 e. The van der Waals surface area contributed by atoms with Gasteiger partial charge in [0.2, 0.25) is 5.95 Å². The number of anilines is 1. The summed E-state index contributed by atoms with van der Waals surface area (Å²) >= 11 is 0. The van der Waals surface area contributed by atoms with Gasteiger partial charge in [0.15, 0.2) is 5.65 Å². The van der Waals surface area contributed by atoms with Gasteiger partial charge in [-0.25, -0.2) is 4.98 Å². The van der Waals surface area contributed by atoms with Gasteiger partial charge in [-0.05, 0) is 25.5 Å². The molecule has 3 aromatic heterocycles. The first-order valence-corrected chi connectivity index (χ1v) is 8.18. The fourth-order valence-electron chi connectivity index (χ4n) is 3.15. The molecule has 0 radical (unpaired) electrons. The summed E-state index contributed by atoms with van der Waals surface area (Å²) in [6.07, 6.45) is 1.83. The standard InChI is InChI=1S/C19H19N5O/c1-12-17(13(2)25-23-12)15-9-16-18(21-10-15)22-19(20-3)24(16)11-14-7-5-4-6-8-14/h4-10H,11H2,1-3H3,(H,20,21,22). The highest BCUT2D eigenvalue weighted by Crippen LogP contribution is 2.29. The Morgan fingerprint density at radius 1 is 1.16 bits per heavy atom. The molecule has 4 rings (SSSR count). The van der Waals surface area contributed by atoms with E-state index in [0.717, 1.165) is 46.2 Å². The third-order valence-corrected chi connectivity index (χ3v) is 4.33. The number of nitrogens with zero attached hydrogens (tertiary/aromatic N) is 4. The Labute approximate surface area is 145 Å². The molecule has 0 fully saturated rings. The maximum absolute atomic E-state index is 5.30. The molecule has 1 N–H and O–H groups in total. The molecule has 25 heavy (non-hydrogen) atoms. The molecule has 0 atom stereocenters. The highest BCUT2D eigenvalue weighted by Gasteiger charge is 2.16. The van der Waals surface area contributed by atoms with Gasteiger partial charge in [0, 0.05) is 24.4 Å². The van der Waals surface area contributed by atoms with Crippen molar-refractivity contribution < 1.29 is 4.52 Å². The maximum atomic E-state index is 5.30. The average Bonchev–Trinajstić information content (AvgIpc) is 3.15. The molecule has 0 aliphatic heterocycles. The van der Waals surface area contributed by atoms with E-state index < -0.39 is 0 Å². The van der Waals surface area contributed by atoms with E-state index in [-0.39, 0.29) is 0 Å². The molecule has 6 nitrogen and oxygen atoms in total. The Hall–Kier alpha value is -3.15. The van der Waals surface area contributed by atoms with Crippen LogP contribution in [0.25, 0.3) is 22.3 Å². The fourth-order valence-corrected chi connectivity index (χ4v) is 3.15. The molecule has 0 saturated carbocycles. The molecule has 0 aliphatic rings. The van der Waals surface area contributed by atoms with Crippen LogP contribution in [0.3, 0.4) is 0 Å². The smallest absolute Gasteiger partial charge is 0.205 e. The minimum Gasteiger partial charge on any atom is -0.361 e. The quantitative estimate of drug-likeness (QED) is 0.615. The van der Waals surface area contributed by atoms with Crippen molar-refractivity contribution in [3.63, 3.8) is 0 Å². The first-order chi connectivity index (χ1) is 12.2. The number of rotatable bonds is 4. The van der Waals surface area contributed by atoms with Gasteiger partial charge < -0.3 is 14.4 Å². The van der Waals surface area contributed by atoms with E-state index in [1.165, 1.54) is 5.56 Å². The van der Waals surface area contributed by atoms with Crippen molar-refractivity contribution in [1.82, 2.24) is 19.7 Å². The van der Waals surface area contributed by atoms with Crippen LogP contribution in [-0.4, -0.2) is 26.7 Å². The number of aromatic nitrogens is 4. The summed E-state index contributed by atoms with van der Waals surface area (Å²) in [4.78, 5) is 9.15. The summed E-state index contributed by atoms with van der Waals surface area (Å²) in [5.74, 6) is 1.59. The minimum absolute atomic E-state index is 0.718. The van der Waals surface area contributed by atoms with Crippen LogP contribution < -0.4 is 5.32 Å². The number of hydrogen-bond acceptors (Lipinski definition) is 5. The van der Waals surface area contributed by atoms with Crippen LogP contribution in [0.2, 0.25) is 0 Å². The van der Waals surface area contributed by atoms with Gasteiger partial charge in [0.05, 0.1) is 17.8 Å². The summed E-state index contributed by atoms with van der Waals surface area (Å²) in [6, 6.07) is 12.4. The predicted octanol–water partition coefficient (Wildman–Crippen LogP) is 3.79. The van der Waals surface area contributed by atoms with Crippen LogP contribution in [0.5, 0.6) is 0 Å². The number of imidazole rings is 1. The molecule has 3 heterocycles. The number of benzene rings is 1. The zero-order valence-electron chi connectivity index (χ0n) is 14.4. The Morgan fingerprint density at radius 2 is 1.96 bits per heavy atom. The summed E-state index contributed by atoms with van der Waals surface area (Å²) in [5.41, 5.74) is 5.75. The number of hydrogen-bond donors (Lipinski definition) is 1. The van der Waals surface area contributed by atoms with Gasteiger partial charge in [0.1, 0.15) is 5.76 Å². The average molecular weight is 333 g/mol. The summed E-state index contributed by atoms with van der Waals surface area (Å²) < 4.78 is 7.44. The fraction of sp³-hybridized carbons (Fsp3) is 0.211. The molecule has 0 unspecified atom stereocenters. The van der Waals surface area contributed by atoms with E-state index in [9.17, 15) is 0 Å². The van der Waals surface area contributed by atoms with Gasteiger partial charge >= 0.3 is 0 Å². The Balaban J connectivity index is 1.87. The van der Waals surface area contributed by atoms with E-state index in [1.807, 2.05) is 45.3 Å². The van der Waals surface area contributed by atoms with E-state index in [0.29, 0.717) is 0 Å². The number of fused-ring (bicyclic) bond motifs is 1. The minimum atomic E-state index is 0.718. The van der Waals surface area contributed by atoms with Crippen LogP contribution in [-0.2, 0) is 6.54 Å². The van der Waals surface area contributed by atoms with Crippen LogP contribution >= 0.6 is 0 Å². The first-order valence-electron chi connectivity index (χ1n) is 8.18. The Morgan fingerprint density at radius 3 is 2.64 bits per heavy atom. The van der Waals surface area contributed by atoms with Crippen molar-refractivity contribution in [3.8, 4) is 11.1 Å². The van der Waals surface area contributed by atoms with Crippen LogP contribution in [0, 0.1) is 13.8 Å². The second-order valence-electron chi connectivity index (χ2n) is 6.02. The lowest BCUT2D eigenvalue weighted by atomic mass is 10.1. The Kier molecular flexibility index (Phi) is 3.72. The summed E-state index contributed by atoms with van der Waals surface area (Å²) in [7, 11) is 1.87. The number of nitrogens with one attached hydrogen (secondary N) is 1. The molecule has 0 spiro atoms. The predicted molar refractivity (Wildman–Crippen MR) is 97.6 cm³/mol. The van der Waals surface area contributed by atoms with Crippen LogP contribution in [0.4, 0.5) is 5.95 Å². The van der Waals surface area contributed by atoms with Gasteiger partial charge in [-0.1, -0.05) is 35.5 Å². The molecule has 0 amide bonds. The number of aryl methyl sites for hydroxylation is 2. The monoisotopic (exact) mass is 333 g/mol. The van der Waals surface area contributed by atoms with Crippen molar-refractivity contribution >= 4 is 17.1 Å². The van der Waals surface area contributed by atoms with Crippen LogP contribution in [0.15, 0.2) is 47.1 Å². The normalized spacial score (nSPS) is 11.2. The van der Waals surface area contributed by atoms with Gasteiger partial charge in [-0.15, -0.1) is 0 Å². The molecule has 1 aromatic carbocycles. The zero-order valence-corrected chi connectivity index (χ0v) is 14.4. The molecule has 0 saturated heterocycles. The second-order valence-corrected chi connectivity index (χ2v) is 6.02. The third kappa shape index (κ3) is 2.65. The lowest BCUT2D eigenvalue weighted by Crippen LogP contribution is -2.05. The summed E-state index contributed by atoms with van der Waals surface area (Å²) in [5, 5.41) is 7.21. The van der Waals surface area contributed by atoms with Crippen molar-refractivity contribution in [2.45, 2.75) is 20.4 Å². The van der Waals surface area contributed by atoms with Crippen molar-refractivity contribution in [1.29, 1.82) is 0 Å². The van der Waals surface area contributed by atoms with Crippen molar-refractivity contribution in [2.75, 3.05) is 12.4 Å². The third-order valence-electron chi connectivity index (χ3n) is 4.33. The number of pyridine rings is 1. The summed E-state index contributed by atoms with van der Waals surface area (Å²) in [6.45, 7) is 4.58. The van der Waals surface area contributed by atoms with Crippen LogP contribution in [0.1, 0.15) is 17.0 Å². The van der Waals surface area contributed by atoms with Gasteiger partial charge in [-0.3, -0.25) is 0 Å². The SMILES string of the molecule is CNc1nc2ncc(-c3c(C)noc3C)cc2n1Cc1ccccc1. The molecule has 0 bridgehead atoms. The second kappa shape index (κ2) is 6.05. The molecule has 126 valence electrons. The highest BCUT2D eigenvalue weighted by atomic mass is 16.5. The Bertz CT molecular complexity index is 1010. The lowest BCUT2D eigenvalue weighted by molar-refractivity contribution is 0.393. The van der Waals surface area contributed by atoms with E-state index in [2.05, 4.69) is 43.2 Å². The molecular formula is C19H19N5O. The van der Waals surface area contributed by atoms with Gasteiger partial charge in [0.25, 0.3) is 0 Å². The molecular weight excluding hydrogens is 314 g/mol. The largest absolute Gasteiger partial charge is 0.361 e. The highest BCUT2D eigenvalue weighted by molar-refractivity contribution is 5.81. The molecule has 0 aliphatic carbocycles. The molecule has 6 heteroatoms. The van der Waals surface area contributed by atoms with E-state index in [1.54, 1.807) is 0 Å². The van der Waals surface area contributed by atoms with E-state index >= 15 is 0 Å². The lowest BCUT2D eigenvalue weighted by Gasteiger charge is -2.09. The first kappa shape index (κ1) is 15.4.